The fourth-order valence-corrected chi connectivity index (χ4v) is 4.97. The van der Waals surface area contributed by atoms with Gasteiger partial charge in [0, 0.05) is 5.92 Å². The van der Waals surface area contributed by atoms with E-state index in [1.54, 1.807) is 0 Å². The Labute approximate surface area is 171 Å². The average Bonchev–Trinajstić information content (AvgIpc) is 3.08. The van der Waals surface area contributed by atoms with Crippen LogP contribution in [-0.4, -0.2) is 12.6 Å². The molecule has 0 radical (unpaired) electrons. The molecule has 1 saturated heterocycles. The molecule has 2 atom stereocenters. The van der Waals surface area contributed by atoms with Crippen molar-refractivity contribution in [3.63, 3.8) is 0 Å². The van der Waals surface area contributed by atoms with Gasteiger partial charge in [-0.1, -0.05) is 59.1 Å². The Hall–Kier alpha value is -2.26. The molecule has 0 N–H and O–H groups in total. The van der Waals surface area contributed by atoms with Crippen LogP contribution in [-0.2, 0) is 22.6 Å². The number of halogens is 1. The first kappa shape index (κ1) is 19.1. The molecular weight excluding hydrogens is 372 g/mol. The lowest BCUT2D eigenvalue weighted by Gasteiger charge is -2.24. The molecule has 28 heavy (non-hydrogen) atoms. The Balaban J connectivity index is 1.49. The summed E-state index contributed by atoms with van der Waals surface area (Å²) in [5, 5.41) is 0.568. The second kappa shape index (κ2) is 7.29. The minimum absolute atomic E-state index is 0.0950. The molecule has 2 aromatic carbocycles. The van der Waals surface area contributed by atoms with Gasteiger partial charge in [-0.3, -0.25) is 4.79 Å². The lowest BCUT2D eigenvalue weighted by molar-refractivity contribution is -0.146. The van der Waals surface area contributed by atoms with Crippen molar-refractivity contribution >= 4 is 17.6 Å². The van der Waals surface area contributed by atoms with E-state index in [0.29, 0.717) is 36.8 Å². The van der Waals surface area contributed by atoms with Gasteiger partial charge in [0.2, 0.25) is 0 Å². The van der Waals surface area contributed by atoms with E-state index in [-0.39, 0.29) is 11.9 Å². The summed E-state index contributed by atoms with van der Waals surface area (Å²) in [6, 6.07) is 12.2. The lowest BCUT2D eigenvalue weighted by atomic mass is 9.75. The first-order valence-electron chi connectivity index (χ1n) is 9.68. The van der Waals surface area contributed by atoms with Crippen molar-refractivity contribution in [3.05, 3.63) is 75.8 Å². The Morgan fingerprint density at radius 1 is 1.18 bits per heavy atom. The van der Waals surface area contributed by atoms with Crippen molar-refractivity contribution in [2.24, 2.45) is 11.3 Å². The normalized spacial score (nSPS) is 23.6. The van der Waals surface area contributed by atoms with Gasteiger partial charge in [0.15, 0.2) is 0 Å². The molecule has 0 aromatic heterocycles. The minimum atomic E-state index is -0.470. The van der Waals surface area contributed by atoms with Gasteiger partial charge in [-0.05, 0) is 56.4 Å². The summed E-state index contributed by atoms with van der Waals surface area (Å²) in [5.41, 5.74) is 5.26. The number of allylic oxidation sites excluding steroid dienone is 1. The predicted octanol–water partition coefficient (Wildman–Crippen LogP) is 5.59. The van der Waals surface area contributed by atoms with Crippen LogP contribution in [0, 0.1) is 25.2 Å². The summed E-state index contributed by atoms with van der Waals surface area (Å²) >= 11 is 6.49. The highest BCUT2D eigenvalue weighted by Crippen LogP contribution is 2.52. The molecule has 4 heteroatoms. The molecule has 1 aliphatic heterocycles. The number of cyclic esters (lactones) is 1. The summed E-state index contributed by atoms with van der Waals surface area (Å²) in [7, 11) is 0. The van der Waals surface area contributed by atoms with Crippen molar-refractivity contribution in [2.45, 2.75) is 39.7 Å². The maximum atomic E-state index is 12.5. The maximum Gasteiger partial charge on any atom is 0.313 e. The first-order chi connectivity index (χ1) is 13.4. The predicted molar refractivity (Wildman–Crippen MR) is 111 cm³/mol. The lowest BCUT2D eigenvalue weighted by Crippen LogP contribution is -2.31. The topological polar surface area (TPSA) is 35.5 Å². The molecule has 1 saturated carbocycles. The first-order valence-corrected chi connectivity index (χ1v) is 10.1. The second-order valence-corrected chi connectivity index (χ2v) is 8.72. The summed E-state index contributed by atoms with van der Waals surface area (Å²) < 4.78 is 11.3. The van der Waals surface area contributed by atoms with Gasteiger partial charge >= 0.3 is 5.97 Å². The fraction of sp³-hybridized carbons (Fsp3) is 0.375. The van der Waals surface area contributed by atoms with Crippen molar-refractivity contribution < 1.29 is 14.3 Å². The van der Waals surface area contributed by atoms with Crippen LogP contribution in [0.4, 0.5) is 0 Å². The largest absolute Gasteiger partial charge is 0.487 e. The van der Waals surface area contributed by atoms with E-state index in [1.165, 1.54) is 11.1 Å². The van der Waals surface area contributed by atoms with E-state index >= 15 is 0 Å². The van der Waals surface area contributed by atoms with Gasteiger partial charge in [-0.2, -0.15) is 0 Å². The van der Waals surface area contributed by atoms with Gasteiger partial charge in [-0.15, -0.1) is 0 Å². The smallest absolute Gasteiger partial charge is 0.313 e. The molecule has 146 valence electrons. The van der Waals surface area contributed by atoms with Gasteiger partial charge in [0.25, 0.3) is 0 Å². The molecule has 1 heterocycles. The minimum Gasteiger partial charge on any atom is -0.487 e. The molecule has 1 aliphatic carbocycles. The van der Waals surface area contributed by atoms with Crippen LogP contribution in [0.1, 0.15) is 35.1 Å². The summed E-state index contributed by atoms with van der Waals surface area (Å²) in [6.07, 6.45) is 2.21. The van der Waals surface area contributed by atoms with Crippen LogP contribution in [0.5, 0.6) is 5.75 Å². The third-order valence-corrected chi connectivity index (χ3v) is 6.19. The summed E-state index contributed by atoms with van der Waals surface area (Å²) in [5.74, 6) is 0.789. The number of carbonyl (C=O) groups is 1. The number of fused-ring (bicyclic) bond motifs is 1. The SMILES string of the molecule is C=C1CC2COC(=O)C2(Cc2ccc(OCc3cc(C)cc(C)c3)c(Cl)c2)C1. The summed E-state index contributed by atoms with van der Waals surface area (Å²) in [4.78, 5) is 12.5. The number of hydrogen-bond acceptors (Lipinski definition) is 3. The van der Waals surface area contributed by atoms with Gasteiger partial charge in [-0.25, -0.2) is 0 Å². The standard InChI is InChI=1S/C24H25ClO3/c1-15-6-16(2)8-19(7-15)13-27-22-5-4-18(10-21(22)25)12-24-11-17(3)9-20(24)14-28-23(24)26/h4-8,10,20H,3,9,11-14H2,1-2H3. The van der Waals surface area contributed by atoms with Crippen LogP contribution in [0.2, 0.25) is 5.02 Å². The van der Waals surface area contributed by atoms with Crippen molar-refractivity contribution in [1.82, 2.24) is 0 Å². The number of aryl methyl sites for hydroxylation is 2. The molecular formula is C24H25ClO3. The van der Waals surface area contributed by atoms with Gasteiger partial charge in [0.1, 0.15) is 12.4 Å². The van der Waals surface area contributed by atoms with E-state index in [0.717, 1.165) is 23.1 Å². The van der Waals surface area contributed by atoms with Crippen LogP contribution in [0.3, 0.4) is 0 Å². The Morgan fingerprint density at radius 2 is 1.93 bits per heavy atom. The number of esters is 1. The number of carbonyl (C=O) groups excluding carboxylic acids is 1. The van der Waals surface area contributed by atoms with Crippen LogP contribution in [0.25, 0.3) is 0 Å². The molecule has 4 rings (SSSR count). The molecule has 2 fully saturated rings. The second-order valence-electron chi connectivity index (χ2n) is 8.31. The monoisotopic (exact) mass is 396 g/mol. The zero-order valence-corrected chi connectivity index (χ0v) is 17.1. The van der Waals surface area contributed by atoms with Crippen LogP contribution >= 0.6 is 11.6 Å². The highest BCUT2D eigenvalue weighted by atomic mass is 35.5. The van der Waals surface area contributed by atoms with Crippen molar-refractivity contribution in [2.75, 3.05) is 6.61 Å². The van der Waals surface area contributed by atoms with Crippen LogP contribution < -0.4 is 4.74 Å². The molecule has 2 unspecified atom stereocenters. The summed E-state index contributed by atoms with van der Waals surface area (Å²) in [6.45, 7) is 9.24. The quantitative estimate of drug-likeness (QED) is 0.488. The molecule has 0 amide bonds. The van der Waals surface area contributed by atoms with E-state index in [9.17, 15) is 4.79 Å². The van der Waals surface area contributed by atoms with Crippen LogP contribution in [0.15, 0.2) is 48.6 Å². The van der Waals surface area contributed by atoms with E-state index in [2.05, 4.69) is 38.6 Å². The third-order valence-electron chi connectivity index (χ3n) is 5.90. The number of hydrogen-bond donors (Lipinski definition) is 0. The fourth-order valence-electron chi connectivity index (χ4n) is 4.71. The maximum absolute atomic E-state index is 12.5. The molecule has 2 aromatic rings. The van der Waals surface area contributed by atoms with Crippen molar-refractivity contribution in [1.29, 1.82) is 0 Å². The third kappa shape index (κ3) is 3.56. The van der Waals surface area contributed by atoms with E-state index in [4.69, 9.17) is 21.1 Å². The number of benzene rings is 2. The van der Waals surface area contributed by atoms with Crippen molar-refractivity contribution in [3.8, 4) is 5.75 Å². The average molecular weight is 397 g/mol. The van der Waals surface area contributed by atoms with Gasteiger partial charge < -0.3 is 9.47 Å². The zero-order valence-electron chi connectivity index (χ0n) is 16.4. The Kier molecular flexibility index (Phi) is 4.96. The van der Waals surface area contributed by atoms with E-state index in [1.807, 2.05) is 18.2 Å². The Bertz CT molecular complexity index is 929. The molecule has 0 spiro atoms. The highest BCUT2D eigenvalue weighted by molar-refractivity contribution is 6.32. The molecule has 0 bridgehead atoms. The Morgan fingerprint density at radius 3 is 2.64 bits per heavy atom. The highest BCUT2D eigenvalue weighted by Gasteiger charge is 2.55. The number of ether oxygens (including phenoxy) is 2. The zero-order chi connectivity index (χ0) is 19.9. The molecule has 3 nitrogen and oxygen atoms in total. The molecule has 2 aliphatic rings. The van der Waals surface area contributed by atoms with E-state index < -0.39 is 5.41 Å². The number of rotatable bonds is 5. The van der Waals surface area contributed by atoms with Gasteiger partial charge in [0.05, 0.1) is 17.0 Å².